The van der Waals surface area contributed by atoms with Gasteiger partial charge in [0.05, 0.1) is 12.8 Å². The summed E-state index contributed by atoms with van der Waals surface area (Å²) in [4.78, 5) is 22.9. The number of anilines is 2. The van der Waals surface area contributed by atoms with E-state index in [1.165, 1.54) is 7.11 Å². The van der Waals surface area contributed by atoms with Gasteiger partial charge in [0, 0.05) is 25.1 Å². The Morgan fingerprint density at radius 3 is 2.58 bits per heavy atom. The molecule has 0 aliphatic rings. The summed E-state index contributed by atoms with van der Waals surface area (Å²) in [5, 5.41) is 5.42. The zero-order valence-electron chi connectivity index (χ0n) is 11.2. The number of carbonyl (C=O) groups excluding carboxylic acids is 2. The largest absolute Gasteiger partial charge is 0.495 e. The molecule has 1 rings (SSSR count). The minimum atomic E-state index is -0.195. The Balaban J connectivity index is 2.89. The summed E-state index contributed by atoms with van der Waals surface area (Å²) in [6.07, 6.45) is 0.621. The maximum atomic E-state index is 11.5. The van der Waals surface area contributed by atoms with Crippen molar-refractivity contribution < 1.29 is 14.3 Å². The molecule has 0 aliphatic heterocycles. The van der Waals surface area contributed by atoms with E-state index in [1.807, 2.05) is 0 Å². The number of carbonyl (C=O) groups is 2. The molecule has 6 nitrogen and oxygen atoms in total. The fourth-order valence-electron chi connectivity index (χ4n) is 1.48. The standard InChI is InChI=1S/C13H19N3O3/c1-3-12(17)15-9-4-5-11(19-2)10(8-9)16-13(18)6-7-14/h4-5,8H,3,6-7,14H2,1-2H3,(H,15,17)(H,16,18). The maximum Gasteiger partial charge on any atom is 0.225 e. The van der Waals surface area contributed by atoms with E-state index in [0.717, 1.165) is 0 Å². The number of ether oxygens (including phenoxy) is 1. The first-order valence-electron chi connectivity index (χ1n) is 6.08. The highest BCUT2D eigenvalue weighted by atomic mass is 16.5. The molecule has 0 unspecified atom stereocenters. The van der Waals surface area contributed by atoms with Gasteiger partial charge in [0.1, 0.15) is 5.75 Å². The lowest BCUT2D eigenvalue weighted by Gasteiger charge is -2.12. The van der Waals surface area contributed by atoms with E-state index < -0.39 is 0 Å². The SMILES string of the molecule is CCC(=O)Nc1ccc(OC)c(NC(=O)CCN)c1. The lowest BCUT2D eigenvalue weighted by Crippen LogP contribution is -2.17. The Bertz CT molecular complexity index is 460. The van der Waals surface area contributed by atoms with E-state index in [0.29, 0.717) is 23.5 Å². The smallest absolute Gasteiger partial charge is 0.225 e. The summed E-state index contributed by atoms with van der Waals surface area (Å²) in [6, 6.07) is 5.05. The van der Waals surface area contributed by atoms with Crippen LogP contribution in [0.25, 0.3) is 0 Å². The Morgan fingerprint density at radius 1 is 1.26 bits per heavy atom. The second-order valence-electron chi connectivity index (χ2n) is 3.90. The minimum absolute atomic E-state index is 0.0931. The molecule has 0 heterocycles. The van der Waals surface area contributed by atoms with Gasteiger partial charge in [0.25, 0.3) is 0 Å². The Morgan fingerprint density at radius 2 is 2.00 bits per heavy atom. The number of nitrogens with two attached hydrogens (primary N) is 1. The molecule has 1 aromatic carbocycles. The summed E-state index contributed by atoms with van der Waals surface area (Å²) in [5.74, 6) is 0.240. The van der Waals surface area contributed by atoms with Gasteiger partial charge in [-0.15, -0.1) is 0 Å². The van der Waals surface area contributed by atoms with Gasteiger partial charge in [-0.2, -0.15) is 0 Å². The summed E-state index contributed by atoms with van der Waals surface area (Å²) >= 11 is 0. The van der Waals surface area contributed by atoms with Crippen molar-refractivity contribution in [1.29, 1.82) is 0 Å². The summed E-state index contributed by atoms with van der Waals surface area (Å²) in [6.45, 7) is 2.04. The fraction of sp³-hybridized carbons (Fsp3) is 0.385. The number of nitrogens with one attached hydrogen (secondary N) is 2. The topological polar surface area (TPSA) is 93.5 Å². The van der Waals surface area contributed by atoms with Gasteiger partial charge >= 0.3 is 0 Å². The van der Waals surface area contributed by atoms with E-state index >= 15 is 0 Å². The number of hydrogen-bond acceptors (Lipinski definition) is 4. The lowest BCUT2D eigenvalue weighted by molar-refractivity contribution is -0.116. The molecule has 0 aliphatic carbocycles. The van der Waals surface area contributed by atoms with Crippen molar-refractivity contribution in [3.8, 4) is 5.75 Å². The van der Waals surface area contributed by atoms with Crippen molar-refractivity contribution in [3.05, 3.63) is 18.2 Å². The van der Waals surface area contributed by atoms with Crippen molar-refractivity contribution in [2.24, 2.45) is 5.73 Å². The van der Waals surface area contributed by atoms with Crippen molar-refractivity contribution in [1.82, 2.24) is 0 Å². The maximum absolute atomic E-state index is 11.5. The molecule has 0 atom stereocenters. The third kappa shape index (κ3) is 4.59. The van der Waals surface area contributed by atoms with E-state index in [4.69, 9.17) is 10.5 Å². The summed E-state index contributed by atoms with van der Waals surface area (Å²) < 4.78 is 5.15. The van der Waals surface area contributed by atoms with Gasteiger partial charge < -0.3 is 21.1 Å². The third-order valence-corrected chi connectivity index (χ3v) is 2.45. The third-order valence-electron chi connectivity index (χ3n) is 2.45. The Kier molecular flexibility index (Phi) is 5.81. The summed E-state index contributed by atoms with van der Waals surface area (Å²) in [5.41, 5.74) is 6.43. The predicted molar refractivity (Wildman–Crippen MR) is 74.2 cm³/mol. The molecule has 0 aromatic heterocycles. The van der Waals surface area contributed by atoms with Crippen LogP contribution >= 0.6 is 0 Å². The Labute approximate surface area is 112 Å². The molecule has 0 bridgehead atoms. The molecule has 0 saturated carbocycles. The monoisotopic (exact) mass is 265 g/mol. The highest BCUT2D eigenvalue weighted by molar-refractivity contribution is 5.95. The molecule has 19 heavy (non-hydrogen) atoms. The quantitative estimate of drug-likeness (QED) is 0.723. The van der Waals surface area contributed by atoms with Gasteiger partial charge in [-0.05, 0) is 18.2 Å². The van der Waals surface area contributed by atoms with Crippen LogP contribution in [0.15, 0.2) is 18.2 Å². The van der Waals surface area contributed by atoms with Gasteiger partial charge in [-0.1, -0.05) is 6.92 Å². The molecule has 0 spiro atoms. The number of rotatable bonds is 6. The van der Waals surface area contributed by atoms with E-state index in [-0.39, 0.29) is 24.8 Å². The Hall–Kier alpha value is -2.08. The average Bonchev–Trinajstić information content (AvgIpc) is 2.39. The molecular weight excluding hydrogens is 246 g/mol. The number of amides is 2. The van der Waals surface area contributed by atoms with Crippen LogP contribution in [0.2, 0.25) is 0 Å². The summed E-state index contributed by atoms with van der Waals surface area (Å²) in [7, 11) is 1.51. The van der Waals surface area contributed by atoms with Crippen LogP contribution in [0.4, 0.5) is 11.4 Å². The van der Waals surface area contributed by atoms with Crippen LogP contribution in [-0.2, 0) is 9.59 Å². The molecule has 104 valence electrons. The van der Waals surface area contributed by atoms with E-state index in [2.05, 4.69) is 10.6 Å². The first-order chi connectivity index (χ1) is 9.10. The van der Waals surface area contributed by atoms with Gasteiger partial charge in [-0.25, -0.2) is 0 Å². The first-order valence-corrected chi connectivity index (χ1v) is 6.08. The fourth-order valence-corrected chi connectivity index (χ4v) is 1.48. The number of hydrogen-bond donors (Lipinski definition) is 3. The van der Waals surface area contributed by atoms with Crippen molar-refractivity contribution in [2.45, 2.75) is 19.8 Å². The second kappa shape index (κ2) is 7.38. The predicted octanol–water partition coefficient (Wildman–Crippen LogP) is 1.33. The molecule has 0 radical (unpaired) electrons. The van der Waals surface area contributed by atoms with Crippen LogP contribution in [0, 0.1) is 0 Å². The highest BCUT2D eigenvalue weighted by Gasteiger charge is 2.09. The number of methoxy groups -OCH3 is 1. The van der Waals surface area contributed by atoms with Crippen LogP contribution in [0.3, 0.4) is 0 Å². The number of benzene rings is 1. The van der Waals surface area contributed by atoms with Crippen LogP contribution < -0.4 is 21.1 Å². The van der Waals surface area contributed by atoms with Crippen LogP contribution in [0.1, 0.15) is 19.8 Å². The normalized spacial score (nSPS) is 9.84. The average molecular weight is 265 g/mol. The second-order valence-corrected chi connectivity index (χ2v) is 3.90. The molecule has 2 amide bonds. The molecule has 6 heteroatoms. The highest BCUT2D eigenvalue weighted by Crippen LogP contribution is 2.28. The van der Waals surface area contributed by atoms with Crippen molar-refractivity contribution in [3.63, 3.8) is 0 Å². The van der Waals surface area contributed by atoms with Crippen LogP contribution in [0.5, 0.6) is 5.75 Å². The molecular formula is C13H19N3O3. The lowest BCUT2D eigenvalue weighted by atomic mass is 10.2. The first kappa shape index (κ1) is 15.0. The van der Waals surface area contributed by atoms with E-state index in [9.17, 15) is 9.59 Å². The molecule has 4 N–H and O–H groups in total. The van der Waals surface area contributed by atoms with Gasteiger partial charge in [-0.3, -0.25) is 9.59 Å². The van der Waals surface area contributed by atoms with Crippen molar-refractivity contribution in [2.75, 3.05) is 24.3 Å². The van der Waals surface area contributed by atoms with E-state index in [1.54, 1.807) is 25.1 Å². The van der Waals surface area contributed by atoms with Crippen molar-refractivity contribution >= 4 is 23.2 Å². The molecule has 1 aromatic rings. The van der Waals surface area contributed by atoms with Gasteiger partial charge in [0.15, 0.2) is 0 Å². The zero-order valence-corrected chi connectivity index (χ0v) is 11.2. The molecule has 0 saturated heterocycles. The van der Waals surface area contributed by atoms with Crippen LogP contribution in [-0.4, -0.2) is 25.5 Å². The minimum Gasteiger partial charge on any atom is -0.495 e. The van der Waals surface area contributed by atoms with Gasteiger partial charge in [0.2, 0.25) is 11.8 Å². The zero-order chi connectivity index (χ0) is 14.3. The molecule has 0 fully saturated rings.